The molecule has 0 aliphatic heterocycles. The van der Waals surface area contributed by atoms with Crippen molar-refractivity contribution in [2.45, 2.75) is 25.3 Å². The monoisotopic (exact) mass is 264 g/mol. The Morgan fingerprint density at radius 1 is 1.44 bits per heavy atom. The van der Waals surface area contributed by atoms with E-state index in [1.165, 1.54) is 6.07 Å². The highest BCUT2D eigenvalue weighted by molar-refractivity contribution is 6.30. The Balaban J connectivity index is 2.59. The molecule has 1 aromatic rings. The van der Waals surface area contributed by atoms with Gasteiger partial charge in [-0.2, -0.15) is 0 Å². The zero-order chi connectivity index (χ0) is 12.0. The average molecular weight is 265 g/mol. The summed E-state index contributed by atoms with van der Waals surface area (Å²) in [6.45, 7) is 0. The first-order valence-electron chi connectivity index (χ1n) is 5.13. The molecule has 1 atom stereocenters. The van der Waals surface area contributed by atoms with Crippen molar-refractivity contribution in [3.8, 4) is 0 Å². The minimum atomic E-state index is -0.400. The SMILES string of the molecule is NNC(CCCCl)Cc1ccc(F)c(Cl)c1. The van der Waals surface area contributed by atoms with Gasteiger partial charge in [0.2, 0.25) is 0 Å². The molecule has 0 heterocycles. The summed E-state index contributed by atoms with van der Waals surface area (Å²) in [6.07, 6.45) is 2.49. The molecule has 0 radical (unpaired) electrons. The first-order chi connectivity index (χ1) is 7.67. The molecule has 0 fully saturated rings. The van der Waals surface area contributed by atoms with Crippen molar-refractivity contribution in [1.29, 1.82) is 0 Å². The van der Waals surface area contributed by atoms with Crippen molar-refractivity contribution in [1.82, 2.24) is 5.43 Å². The molecular formula is C11H15Cl2FN2. The molecule has 1 rings (SSSR count). The summed E-state index contributed by atoms with van der Waals surface area (Å²) in [5.41, 5.74) is 3.69. The highest BCUT2D eigenvalue weighted by Gasteiger charge is 2.08. The molecule has 0 aliphatic carbocycles. The van der Waals surface area contributed by atoms with Crippen molar-refractivity contribution < 1.29 is 4.39 Å². The summed E-state index contributed by atoms with van der Waals surface area (Å²) in [4.78, 5) is 0. The number of hydrogen-bond donors (Lipinski definition) is 2. The summed E-state index contributed by atoms with van der Waals surface area (Å²) in [5, 5.41) is 0.144. The van der Waals surface area contributed by atoms with E-state index in [9.17, 15) is 4.39 Å². The number of halogens is 3. The predicted octanol–water partition coefficient (Wildman–Crippen LogP) is 2.87. The van der Waals surface area contributed by atoms with Gasteiger partial charge in [-0.15, -0.1) is 11.6 Å². The first-order valence-corrected chi connectivity index (χ1v) is 6.04. The second-order valence-corrected chi connectivity index (χ2v) is 4.43. The van der Waals surface area contributed by atoms with Gasteiger partial charge in [0.05, 0.1) is 5.02 Å². The lowest BCUT2D eigenvalue weighted by Crippen LogP contribution is -2.36. The molecule has 0 aliphatic rings. The minimum Gasteiger partial charge on any atom is -0.271 e. The van der Waals surface area contributed by atoms with Gasteiger partial charge in [-0.25, -0.2) is 4.39 Å². The Hall–Kier alpha value is -0.350. The molecule has 3 N–H and O–H groups in total. The molecule has 2 nitrogen and oxygen atoms in total. The number of nitrogens with one attached hydrogen (secondary N) is 1. The van der Waals surface area contributed by atoms with Crippen molar-refractivity contribution >= 4 is 23.2 Å². The summed E-state index contributed by atoms with van der Waals surface area (Å²) in [5.74, 6) is 5.64. The van der Waals surface area contributed by atoms with Crippen LogP contribution in [0.1, 0.15) is 18.4 Å². The molecule has 0 aromatic heterocycles. The van der Waals surface area contributed by atoms with E-state index in [-0.39, 0.29) is 11.1 Å². The lowest BCUT2D eigenvalue weighted by Gasteiger charge is -2.15. The maximum absolute atomic E-state index is 12.9. The molecule has 0 bridgehead atoms. The van der Waals surface area contributed by atoms with Crippen LogP contribution in [0.3, 0.4) is 0 Å². The van der Waals surface area contributed by atoms with Gasteiger partial charge in [-0.05, 0) is 37.0 Å². The van der Waals surface area contributed by atoms with Crippen LogP contribution in [-0.2, 0) is 6.42 Å². The highest BCUT2D eigenvalue weighted by Crippen LogP contribution is 2.17. The Bertz CT molecular complexity index is 334. The van der Waals surface area contributed by atoms with Gasteiger partial charge in [-0.3, -0.25) is 11.3 Å². The van der Waals surface area contributed by atoms with Crippen LogP contribution in [0.15, 0.2) is 18.2 Å². The van der Waals surface area contributed by atoms with Crippen molar-refractivity contribution in [3.05, 3.63) is 34.6 Å². The Morgan fingerprint density at radius 2 is 2.19 bits per heavy atom. The van der Waals surface area contributed by atoms with Crippen molar-refractivity contribution in [3.63, 3.8) is 0 Å². The lowest BCUT2D eigenvalue weighted by molar-refractivity contribution is 0.486. The zero-order valence-electron chi connectivity index (χ0n) is 8.85. The van der Waals surface area contributed by atoms with E-state index in [0.29, 0.717) is 12.3 Å². The third-order valence-electron chi connectivity index (χ3n) is 2.39. The molecule has 1 aromatic carbocycles. The molecule has 0 saturated heterocycles. The second kappa shape index (κ2) is 7.07. The molecule has 0 saturated carbocycles. The largest absolute Gasteiger partial charge is 0.271 e. The van der Waals surface area contributed by atoms with Gasteiger partial charge >= 0.3 is 0 Å². The van der Waals surface area contributed by atoms with Crippen LogP contribution in [0.25, 0.3) is 0 Å². The van der Waals surface area contributed by atoms with E-state index in [1.807, 2.05) is 0 Å². The maximum atomic E-state index is 12.9. The van der Waals surface area contributed by atoms with Crippen LogP contribution in [0.5, 0.6) is 0 Å². The van der Waals surface area contributed by atoms with Gasteiger partial charge in [0.25, 0.3) is 0 Å². The molecule has 5 heteroatoms. The van der Waals surface area contributed by atoms with Gasteiger partial charge in [0.15, 0.2) is 0 Å². The molecular weight excluding hydrogens is 250 g/mol. The molecule has 16 heavy (non-hydrogen) atoms. The van der Waals surface area contributed by atoms with E-state index >= 15 is 0 Å². The van der Waals surface area contributed by atoms with E-state index < -0.39 is 5.82 Å². The zero-order valence-corrected chi connectivity index (χ0v) is 10.4. The van der Waals surface area contributed by atoms with E-state index in [4.69, 9.17) is 29.0 Å². The fraction of sp³-hybridized carbons (Fsp3) is 0.455. The standard InChI is InChI=1S/C11H15Cl2FN2/c12-5-1-2-9(16-15)6-8-3-4-11(14)10(13)7-8/h3-4,7,9,16H,1-2,5-6,15H2. The fourth-order valence-electron chi connectivity index (χ4n) is 1.52. The summed E-state index contributed by atoms with van der Waals surface area (Å²) >= 11 is 11.3. The van der Waals surface area contributed by atoms with Crippen molar-refractivity contribution in [2.75, 3.05) is 5.88 Å². The number of hydrogen-bond acceptors (Lipinski definition) is 2. The normalized spacial score (nSPS) is 12.8. The summed E-state index contributed by atoms with van der Waals surface area (Å²) < 4.78 is 12.9. The maximum Gasteiger partial charge on any atom is 0.141 e. The Kier molecular flexibility index (Phi) is 6.06. The lowest BCUT2D eigenvalue weighted by atomic mass is 10.0. The fourth-order valence-corrected chi connectivity index (χ4v) is 1.88. The van der Waals surface area contributed by atoms with Crippen LogP contribution in [0.4, 0.5) is 4.39 Å². The van der Waals surface area contributed by atoms with Crippen LogP contribution >= 0.6 is 23.2 Å². The third kappa shape index (κ3) is 4.26. The molecule has 0 amide bonds. The topological polar surface area (TPSA) is 38.0 Å². The Labute approximate surface area is 105 Å². The molecule has 1 unspecified atom stereocenters. The van der Waals surface area contributed by atoms with Crippen LogP contribution < -0.4 is 11.3 Å². The van der Waals surface area contributed by atoms with Crippen LogP contribution in [0.2, 0.25) is 5.02 Å². The smallest absolute Gasteiger partial charge is 0.141 e. The third-order valence-corrected chi connectivity index (χ3v) is 2.94. The van der Waals surface area contributed by atoms with E-state index in [1.54, 1.807) is 12.1 Å². The van der Waals surface area contributed by atoms with Crippen LogP contribution in [0, 0.1) is 5.82 Å². The first kappa shape index (κ1) is 13.7. The van der Waals surface area contributed by atoms with Gasteiger partial charge < -0.3 is 0 Å². The predicted molar refractivity (Wildman–Crippen MR) is 66.2 cm³/mol. The quantitative estimate of drug-likeness (QED) is 0.471. The number of benzene rings is 1. The average Bonchev–Trinajstić information content (AvgIpc) is 2.29. The highest BCUT2D eigenvalue weighted by atomic mass is 35.5. The van der Waals surface area contributed by atoms with Gasteiger partial charge in [-0.1, -0.05) is 17.7 Å². The number of hydrazine groups is 1. The van der Waals surface area contributed by atoms with E-state index in [0.717, 1.165) is 18.4 Å². The van der Waals surface area contributed by atoms with Crippen molar-refractivity contribution in [2.24, 2.45) is 5.84 Å². The number of nitrogens with two attached hydrogens (primary N) is 1. The summed E-state index contributed by atoms with van der Waals surface area (Å²) in [7, 11) is 0. The number of alkyl halides is 1. The second-order valence-electron chi connectivity index (χ2n) is 3.65. The number of rotatable bonds is 6. The minimum absolute atomic E-state index is 0.139. The van der Waals surface area contributed by atoms with Gasteiger partial charge in [0.1, 0.15) is 5.82 Å². The Morgan fingerprint density at radius 3 is 2.75 bits per heavy atom. The van der Waals surface area contributed by atoms with E-state index in [2.05, 4.69) is 5.43 Å². The molecule has 0 spiro atoms. The summed E-state index contributed by atoms with van der Waals surface area (Å²) in [6, 6.07) is 4.85. The molecule has 90 valence electrons. The van der Waals surface area contributed by atoms with Crippen LogP contribution in [-0.4, -0.2) is 11.9 Å². The van der Waals surface area contributed by atoms with Gasteiger partial charge in [0, 0.05) is 11.9 Å².